The van der Waals surface area contributed by atoms with Crippen LogP contribution in [-0.4, -0.2) is 30.1 Å². The molecule has 0 aliphatic heterocycles. The zero-order valence-electron chi connectivity index (χ0n) is 14.5. The minimum absolute atomic E-state index is 0.192. The lowest BCUT2D eigenvalue weighted by Crippen LogP contribution is -2.50. The third-order valence-electron chi connectivity index (χ3n) is 3.51. The number of aryl methyl sites for hydroxylation is 1. The summed E-state index contributed by atoms with van der Waals surface area (Å²) in [5.74, 6) is 1.12. The number of benzene rings is 1. The fourth-order valence-electron chi connectivity index (χ4n) is 2.13. The molecular weight excluding hydrogens is 324 g/mol. The summed E-state index contributed by atoms with van der Waals surface area (Å²) in [4.78, 5) is 24.2. The highest BCUT2D eigenvalue weighted by molar-refractivity contribution is 5.94. The van der Waals surface area contributed by atoms with E-state index < -0.39 is 6.04 Å². The zero-order chi connectivity index (χ0) is 18.2. The van der Waals surface area contributed by atoms with Crippen LogP contribution in [0, 0.1) is 6.92 Å². The summed E-state index contributed by atoms with van der Waals surface area (Å²) in [6, 6.07) is 8.24. The molecule has 8 heteroatoms. The molecule has 2 amide bonds. The van der Waals surface area contributed by atoms with E-state index in [4.69, 9.17) is 9.26 Å². The Kier molecular flexibility index (Phi) is 6.53. The van der Waals surface area contributed by atoms with E-state index in [9.17, 15) is 9.59 Å². The van der Waals surface area contributed by atoms with Crippen LogP contribution in [0.1, 0.15) is 24.7 Å². The van der Waals surface area contributed by atoms with E-state index in [1.165, 1.54) is 0 Å². The number of carbonyl (C=O) groups is 2. The molecule has 0 radical (unpaired) electrons. The normalized spacial score (nSPS) is 11.6. The van der Waals surface area contributed by atoms with Gasteiger partial charge in [-0.05, 0) is 31.0 Å². The van der Waals surface area contributed by atoms with Crippen LogP contribution >= 0.6 is 0 Å². The van der Waals surface area contributed by atoms with Gasteiger partial charge in [0, 0.05) is 6.07 Å². The van der Waals surface area contributed by atoms with Gasteiger partial charge in [0.1, 0.15) is 17.6 Å². The number of anilines is 1. The van der Waals surface area contributed by atoms with E-state index in [-0.39, 0.29) is 18.2 Å². The lowest BCUT2D eigenvalue weighted by Gasteiger charge is -2.16. The standard InChI is InChI=1S/C17H22N4O4/c1-4-14(17(23)18-15-9-11(2)25-21-15)19-20-16(22)10-12-5-7-13(24-3)8-6-12/h5-9,14,19H,4,10H2,1-3H3,(H,20,22)(H,18,21,23)/t14-/m1/s1. The third kappa shape index (κ3) is 5.61. The molecule has 1 atom stereocenters. The highest BCUT2D eigenvalue weighted by Gasteiger charge is 2.18. The van der Waals surface area contributed by atoms with Crippen molar-refractivity contribution in [3.8, 4) is 5.75 Å². The van der Waals surface area contributed by atoms with Gasteiger partial charge in [0.25, 0.3) is 0 Å². The van der Waals surface area contributed by atoms with Gasteiger partial charge in [-0.15, -0.1) is 0 Å². The summed E-state index contributed by atoms with van der Waals surface area (Å²) in [6.07, 6.45) is 0.684. The fourth-order valence-corrected chi connectivity index (χ4v) is 2.13. The van der Waals surface area contributed by atoms with Crippen LogP contribution in [-0.2, 0) is 16.0 Å². The number of hydrogen-bond acceptors (Lipinski definition) is 6. The number of ether oxygens (including phenoxy) is 1. The molecular formula is C17H22N4O4. The lowest BCUT2D eigenvalue weighted by molar-refractivity contribution is -0.122. The largest absolute Gasteiger partial charge is 0.497 e. The SMILES string of the molecule is CC[C@@H](NNC(=O)Cc1ccc(OC)cc1)C(=O)Nc1cc(C)on1. The second-order valence-corrected chi connectivity index (χ2v) is 5.49. The molecule has 1 heterocycles. The molecule has 1 aromatic carbocycles. The van der Waals surface area contributed by atoms with Gasteiger partial charge in [-0.3, -0.25) is 15.0 Å². The Hall–Kier alpha value is -2.87. The van der Waals surface area contributed by atoms with Gasteiger partial charge < -0.3 is 14.6 Å². The molecule has 134 valence electrons. The van der Waals surface area contributed by atoms with E-state index >= 15 is 0 Å². The minimum Gasteiger partial charge on any atom is -0.497 e. The lowest BCUT2D eigenvalue weighted by atomic mass is 10.1. The first-order valence-electron chi connectivity index (χ1n) is 7.93. The Balaban J connectivity index is 1.82. The number of hydrogen-bond donors (Lipinski definition) is 3. The Morgan fingerprint density at radius 2 is 2.00 bits per heavy atom. The third-order valence-corrected chi connectivity index (χ3v) is 3.51. The van der Waals surface area contributed by atoms with Crippen molar-refractivity contribution < 1.29 is 18.8 Å². The molecule has 0 unspecified atom stereocenters. The summed E-state index contributed by atoms with van der Waals surface area (Å²) in [5, 5.41) is 6.33. The molecule has 0 fully saturated rings. The molecule has 8 nitrogen and oxygen atoms in total. The van der Waals surface area contributed by atoms with Crippen LogP contribution in [0.2, 0.25) is 0 Å². The molecule has 0 aliphatic carbocycles. The Labute approximate surface area is 145 Å². The number of rotatable bonds is 8. The Morgan fingerprint density at radius 1 is 1.28 bits per heavy atom. The number of hydrazine groups is 1. The van der Waals surface area contributed by atoms with Crippen LogP contribution in [0.15, 0.2) is 34.9 Å². The van der Waals surface area contributed by atoms with Gasteiger partial charge in [0.2, 0.25) is 11.8 Å². The molecule has 3 N–H and O–H groups in total. The topological polar surface area (TPSA) is 105 Å². The maximum atomic E-state index is 12.2. The van der Waals surface area contributed by atoms with Crippen molar-refractivity contribution in [2.45, 2.75) is 32.7 Å². The average Bonchev–Trinajstić information content (AvgIpc) is 3.01. The van der Waals surface area contributed by atoms with Crippen molar-refractivity contribution in [3.05, 3.63) is 41.7 Å². The van der Waals surface area contributed by atoms with Crippen LogP contribution in [0.4, 0.5) is 5.82 Å². The van der Waals surface area contributed by atoms with Crippen molar-refractivity contribution >= 4 is 17.6 Å². The van der Waals surface area contributed by atoms with Crippen LogP contribution < -0.4 is 20.9 Å². The molecule has 0 aliphatic rings. The fraction of sp³-hybridized carbons (Fsp3) is 0.353. The Bertz CT molecular complexity index is 712. The van der Waals surface area contributed by atoms with Gasteiger partial charge in [0.05, 0.1) is 13.5 Å². The van der Waals surface area contributed by atoms with E-state index in [2.05, 4.69) is 21.3 Å². The van der Waals surface area contributed by atoms with Gasteiger partial charge in [-0.25, -0.2) is 5.43 Å². The van der Waals surface area contributed by atoms with E-state index in [0.717, 1.165) is 11.3 Å². The van der Waals surface area contributed by atoms with Crippen molar-refractivity contribution in [1.82, 2.24) is 16.0 Å². The van der Waals surface area contributed by atoms with Crippen LogP contribution in [0.3, 0.4) is 0 Å². The van der Waals surface area contributed by atoms with Gasteiger partial charge >= 0.3 is 0 Å². The second-order valence-electron chi connectivity index (χ2n) is 5.49. The van der Waals surface area contributed by atoms with E-state index in [0.29, 0.717) is 18.0 Å². The summed E-state index contributed by atoms with van der Waals surface area (Å²) in [7, 11) is 1.59. The quantitative estimate of drug-likeness (QED) is 0.627. The van der Waals surface area contributed by atoms with Crippen molar-refractivity contribution in [3.63, 3.8) is 0 Å². The number of amides is 2. The first kappa shape index (κ1) is 18.5. The monoisotopic (exact) mass is 346 g/mol. The molecule has 25 heavy (non-hydrogen) atoms. The first-order chi connectivity index (χ1) is 12.0. The molecule has 0 saturated carbocycles. The summed E-state index contributed by atoms with van der Waals surface area (Å²) >= 11 is 0. The number of carbonyl (C=O) groups excluding carboxylic acids is 2. The highest BCUT2D eigenvalue weighted by atomic mass is 16.5. The molecule has 0 saturated heterocycles. The maximum absolute atomic E-state index is 12.2. The van der Waals surface area contributed by atoms with E-state index in [1.54, 1.807) is 32.2 Å². The van der Waals surface area contributed by atoms with Crippen LogP contribution in [0.25, 0.3) is 0 Å². The maximum Gasteiger partial charge on any atom is 0.244 e. The van der Waals surface area contributed by atoms with Gasteiger partial charge in [-0.2, -0.15) is 0 Å². The van der Waals surface area contributed by atoms with E-state index in [1.807, 2.05) is 19.1 Å². The van der Waals surface area contributed by atoms with Gasteiger partial charge in [0.15, 0.2) is 5.82 Å². The number of methoxy groups -OCH3 is 1. The number of nitrogens with zero attached hydrogens (tertiary/aromatic N) is 1. The minimum atomic E-state index is -0.586. The summed E-state index contributed by atoms with van der Waals surface area (Å²) < 4.78 is 9.97. The summed E-state index contributed by atoms with van der Waals surface area (Å²) in [6.45, 7) is 3.57. The molecule has 2 aromatic rings. The molecule has 2 rings (SSSR count). The molecule has 0 spiro atoms. The van der Waals surface area contributed by atoms with Crippen molar-refractivity contribution in [1.29, 1.82) is 0 Å². The molecule has 0 bridgehead atoms. The highest BCUT2D eigenvalue weighted by Crippen LogP contribution is 2.11. The number of aromatic nitrogens is 1. The number of nitrogens with one attached hydrogen (secondary N) is 3. The second kappa shape index (κ2) is 8.84. The predicted molar refractivity (Wildman–Crippen MR) is 91.9 cm³/mol. The Morgan fingerprint density at radius 3 is 2.56 bits per heavy atom. The molecule has 1 aromatic heterocycles. The summed E-state index contributed by atoms with van der Waals surface area (Å²) in [5.41, 5.74) is 6.15. The predicted octanol–water partition coefficient (Wildman–Crippen LogP) is 1.57. The average molecular weight is 346 g/mol. The smallest absolute Gasteiger partial charge is 0.244 e. The van der Waals surface area contributed by atoms with Crippen LogP contribution in [0.5, 0.6) is 5.75 Å². The van der Waals surface area contributed by atoms with Crippen molar-refractivity contribution in [2.24, 2.45) is 0 Å². The first-order valence-corrected chi connectivity index (χ1v) is 7.93. The van der Waals surface area contributed by atoms with Crippen molar-refractivity contribution in [2.75, 3.05) is 12.4 Å². The zero-order valence-corrected chi connectivity index (χ0v) is 14.5. The van der Waals surface area contributed by atoms with Gasteiger partial charge in [-0.1, -0.05) is 24.2 Å².